The number of carboxylic acids is 1. The van der Waals surface area contributed by atoms with E-state index in [0.717, 1.165) is 22.9 Å². The number of amides is 1. The number of rotatable bonds is 6. The smallest absolute Gasteiger partial charge is 0.322 e. The average Bonchev–Trinajstić information content (AvgIpc) is 2.52. The summed E-state index contributed by atoms with van der Waals surface area (Å²) in [7, 11) is 0. The Bertz CT molecular complexity index is 527. The van der Waals surface area contributed by atoms with Gasteiger partial charge in [0.05, 0.1) is 6.54 Å². The number of nitrogens with one attached hydrogen (secondary N) is 2. The molecule has 22 heavy (non-hydrogen) atoms. The molecular formula is C15H19BrN2O4. The summed E-state index contributed by atoms with van der Waals surface area (Å²) in [6.07, 6.45) is 1.53. The van der Waals surface area contributed by atoms with Crippen LogP contribution in [0.5, 0.6) is 0 Å². The van der Waals surface area contributed by atoms with E-state index >= 15 is 0 Å². The van der Waals surface area contributed by atoms with Crippen molar-refractivity contribution in [1.82, 2.24) is 10.6 Å². The Hall–Kier alpha value is -1.44. The van der Waals surface area contributed by atoms with Crippen molar-refractivity contribution in [2.45, 2.75) is 18.4 Å². The predicted octanol–water partition coefficient (Wildman–Crippen LogP) is 1.25. The second kappa shape index (κ2) is 7.71. The number of aliphatic carboxylic acids is 1. The van der Waals surface area contributed by atoms with Gasteiger partial charge in [-0.05, 0) is 30.5 Å². The predicted molar refractivity (Wildman–Crippen MR) is 84.5 cm³/mol. The van der Waals surface area contributed by atoms with Crippen molar-refractivity contribution in [2.75, 3.05) is 26.3 Å². The lowest BCUT2D eigenvalue weighted by Crippen LogP contribution is -2.50. The lowest BCUT2D eigenvalue weighted by molar-refractivity contribution is -0.137. The summed E-state index contributed by atoms with van der Waals surface area (Å²) >= 11 is 3.42. The van der Waals surface area contributed by atoms with Gasteiger partial charge in [-0.25, -0.2) is 0 Å². The van der Waals surface area contributed by atoms with Crippen molar-refractivity contribution in [3.05, 3.63) is 34.3 Å². The Morgan fingerprint density at radius 1 is 1.18 bits per heavy atom. The summed E-state index contributed by atoms with van der Waals surface area (Å²) in [6, 6.07) is 7.99. The van der Waals surface area contributed by atoms with E-state index in [1.165, 1.54) is 0 Å². The second-order valence-electron chi connectivity index (χ2n) is 5.23. The van der Waals surface area contributed by atoms with Crippen LogP contribution in [-0.2, 0) is 19.9 Å². The van der Waals surface area contributed by atoms with Crippen LogP contribution in [0.3, 0.4) is 0 Å². The number of hydrogen-bond donors (Lipinski definition) is 3. The monoisotopic (exact) mass is 370 g/mol. The molecule has 0 bridgehead atoms. The molecule has 2 rings (SSSR count). The first-order valence-corrected chi connectivity index (χ1v) is 7.88. The van der Waals surface area contributed by atoms with Gasteiger partial charge in [0.1, 0.15) is 6.54 Å². The van der Waals surface area contributed by atoms with Crippen LogP contribution in [0.25, 0.3) is 0 Å². The van der Waals surface area contributed by atoms with Crippen LogP contribution in [0.2, 0.25) is 0 Å². The first-order chi connectivity index (χ1) is 10.5. The van der Waals surface area contributed by atoms with Crippen LogP contribution in [0, 0.1) is 0 Å². The Kier molecular flexibility index (Phi) is 5.93. The topological polar surface area (TPSA) is 87.7 Å². The van der Waals surface area contributed by atoms with E-state index in [0.29, 0.717) is 13.2 Å². The number of ether oxygens (including phenoxy) is 1. The molecule has 0 radical (unpaired) electrons. The van der Waals surface area contributed by atoms with E-state index in [4.69, 9.17) is 9.84 Å². The normalized spacial score (nSPS) is 17.0. The fraction of sp³-hybridized carbons (Fsp3) is 0.467. The molecule has 1 aliphatic heterocycles. The molecule has 1 fully saturated rings. The van der Waals surface area contributed by atoms with Crippen molar-refractivity contribution in [3.8, 4) is 0 Å². The van der Waals surface area contributed by atoms with E-state index in [1.807, 2.05) is 24.3 Å². The maximum Gasteiger partial charge on any atom is 0.322 e. The third-order valence-corrected chi connectivity index (χ3v) is 4.30. The summed E-state index contributed by atoms with van der Waals surface area (Å²) in [6.45, 7) is 0.956. The first-order valence-electron chi connectivity index (χ1n) is 7.09. The number of carboxylic acid groups (broad SMARTS) is 1. The molecule has 0 aliphatic carbocycles. The largest absolute Gasteiger partial charge is 0.480 e. The van der Waals surface area contributed by atoms with Gasteiger partial charge in [0.15, 0.2) is 0 Å². The molecule has 6 nitrogen and oxygen atoms in total. The molecule has 0 atom stereocenters. The van der Waals surface area contributed by atoms with Crippen LogP contribution in [0.4, 0.5) is 0 Å². The van der Waals surface area contributed by atoms with Crippen molar-refractivity contribution >= 4 is 27.8 Å². The molecule has 1 heterocycles. The second-order valence-corrected chi connectivity index (χ2v) is 6.14. The Labute approximate surface area is 137 Å². The van der Waals surface area contributed by atoms with Gasteiger partial charge in [-0.2, -0.15) is 0 Å². The lowest BCUT2D eigenvalue weighted by Gasteiger charge is -2.38. The van der Waals surface area contributed by atoms with Gasteiger partial charge in [-0.3, -0.25) is 14.9 Å². The minimum absolute atomic E-state index is 0.0728. The zero-order valence-corrected chi connectivity index (χ0v) is 13.7. The summed E-state index contributed by atoms with van der Waals surface area (Å²) in [5, 5.41) is 14.2. The minimum Gasteiger partial charge on any atom is -0.480 e. The van der Waals surface area contributed by atoms with Gasteiger partial charge in [-0.15, -0.1) is 0 Å². The molecule has 0 spiro atoms. The summed E-state index contributed by atoms with van der Waals surface area (Å²) in [5.41, 5.74) is 0.782. The highest BCUT2D eigenvalue weighted by Crippen LogP contribution is 2.32. The van der Waals surface area contributed by atoms with E-state index in [1.54, 1.807) is 0 Å². The summed E-state index contributed by atoms with van der Waals surface area (Å²) in [5.74, 6) is -1.38. The summed E-state index contributed by atoms with van der Waals surface area (Å²) < 4.78 is 6.43. The van der Waals surface area contributed by atoms with Gasteiger partial charge < -0.3 is 15.2 Å². The van der Waals surface area contributed by atoms with Crippen LogP contribution < -0.4 is 10.6 Å². The standard InChI is InChI=1S/C15H19BrN2O4/c16-12-3-1-11(2-4-12)15(5-7-22-8-6-15)18-9-13(19)17-10-14(20)21/h1-4,18H,5-10H2,(H,17,19)(H,20,21). The molecule has 3 N–H and O–H groups in total. The molecule has 120 valence electrons. The molecule has 1 aromatic rings. The zero-order chi connectivity index (χ0) is 16.0. The van der Waals surface area contributed by atoms with Crippen LogP contribution in [0.1, 0.15) is 18.4 Å². The molecule has 0 unspecified atom stereocenters. The van der Waals surface area contributed by atoms with Crippen molar-refractivity contribution in [3.63, 3.8) is 0 Å². The number of hydrogen-bond acceptors (Lipinski definition) is 4. The molecule has 1 amide bonds. The first kappa shape index (κ1) is 16.9. The molecule has 1 saturated heterocycles. The zero-order valence-electron chi connectivity index (χ0n) is 12.1. The molecule has 0 saturated carbocycles. The SMILES string of the molecule is O=C(O)CNC(=O)CNC1(c2ccc(Br)cc2)CCOCC1. The van der Waals surface area contributed by atoms with Crippen LogP contribution in [-0.4, -0.2) is 43.3 Å². The Balaban J connectivity index is 2.04. The van der Waals surface area contributed by atoms with Crippen molar-refractivity contribution in [2.24, 2.45) is 0 Å². The van der Waals surface area contributed by atoms with E-state index in [2.05, 4.69) is 26.6 Å². The van der Waals surface area contributed by atoms with E-state index < -0.39 is 5.97 Å². The third kappa shape index (κ3) is 4.53. The minimum atomic E-state index is -1.05. The Morgan fingerprint density at radius 3 is 2.41 bits per heavy atom. The molecular weight excluding hydrogens is 352 g/mol. The van der Waals surface area contributed by atoms with Crippen molar-refractivity contribution < 1.29 is 19.4 Å². The molecule has 0 aromatic heterocycles. The average molecular weight is 371 g/mol. The number of benzene rings is 1. The van der Waals surface area contributed by atoms with E-state index in [9.17, 15) is 9.59 Å². The molecule has 7 heteroatoms. The molecule has 1 aromatic carbocycles. The van der Waals surface area contributed by atoms with Gasteiger partial charge in [0.25, 0.3) is 0 Å². The Morgan fingerprint density at radius 2 is 1.82 bits per heavy atom. The highest BCUT2D eigenvalue weighted by atomic mass is 79.9. The fourth-order valence-electron chi connectivity index (χ4n) is 2.54. The van der Waals surface area contributed by atoms with Crippen LogP contribution in [0.15, 0.2) is 28.7 Å². The number of carbonyl (C=O) groups is 2. The summed E-state index contributed by atoms with van der Waals surface area (Å²) in [4.78, 5) is 22.2. The quantitative estimate of drug-likeness (QED) is 0.701. The highest BCUT2D eigenvalue weighted by molar-refractivity contribution is 9.10. The van der Waals surface area contributed by atoms with Gasteiger partial charge >= 0.3 is 5.97 Å². The van der Waals surface area contributed by atoms with Gasteiger partial charge in [0, 0.05) is 23.2 Å². The lowest BCUT2D eigenvalue weighted by atomic mass is 9.82. The molecule has 1 aliphatic rings. The fourth-order valence-corrected chi connectivity index (χ4v) is 2.81. The van der Waals surface area contributed by atoms with E-state index in [-0.39, 0.29) is 24.5 Å². The highest BCUT2D eigenvalue weighted by Gasteiger charge is 2.34. The maximum atomic E-state index is 11.7. The number of halogens is 1. The van der Waals surface area contributed by atoms with Gasteiger partial charge in [0.2, 0.25) is 5.91 Å². The number of carbonyl (C=O) groups excluding carboxylic acids is 1. The third-order valence-electron chi connectivity index (χ3n) is 3.77. The van der Waals surface area contributed by atoms with Gasteiger partial charge in [-0.1, -0.05) is 28.1 Å². The van der Waals surface area contributed by atoms with Crippen molar-refractivity contribution in [1.29, 1.82) is 0 Å². The maximum absolute atomic E-state index is 11.7. The van der Waals surface area contributed by atoms with Crippen LogP contribution >= 0.6 is 15.9 Å².